The average Bonchev–Trinajstić information content (AvgIpc) is 3.13. The van der Waals surface area contributed by atoms with Crippen molar-refractivity contribution in [1.29, 1.82) is 0 Å². The molecule has 2 aliphatic rings. The summed E-state index contributed by atoms with van der Waals surface area (Å²) >= 11 is 0. The monoisotopic (exact) mass is 241 g/mol. The third kappa shape index (κ3) is 2.11. The molecule has 0 spiro atoms. The van der Waals surface area contributed by atoms with Crippen molar-refractivity contribution in [2.75, 3.05) is 0 Å². The maximum atomic E-state index is 4.70. The van der Waals surface area contributed by atoms with Crippen LogP contribution in [0.2, 0.25) is 0 Å². The van der Waals surface area contributed by atoms with Gasteiger partial charge in [0, 0.05) is 6.20 Å². The van der Waals surface area contributed by atoms with Crippen LogP contribution < -0.4 is 0 Å². The molecular weight excluding hydrogens is 218 g/mol. The first-order chi connectivity index (χ1) is 8.73. The summed E-state index contributed by atoms with van der Waals surface area (Å²) in [5.41, 5.74) is 4.66. The van der Waals surface area contributed by atoms with E-state index in [1.165, 1.54) is 55.4 Å². The van der Waals surface area contributed by atoms with Crippen molar-refractivity contribution >= 4 is 5.57 Å². The Bertz CT molecular complexity index is 457. The number of hydrogen-bond donors (Lipinski definition) is 0. The van der Waals surface area contributed by atoms with E-state index in [0.29, 0.717) is 5.41 Å². The first-order valence-corrected chi connectivity index (χ1v) is 7.38. The Morgan fingerprint density at radius 3 is 2.78 bits per heavy atom. The zero-order valence-corrected chi connectivity index (χ0v) is 11.6. The topological polar surface area (TPSA) is 12.9 Å². The summed E-state index contributed by atoms with van der Waals surface area (Å²) in [7, 11) is 0. The van der Waals surface area contributed by atoms with Gasteiger partial charge in [-0.15, -0.1) is 0 Å². The normalized spacial score (nSPS) is 31.0. The Hall–Kier alpha value is -1.11. The molecule has 0 N–H and O–H groups in total. The first kappa shape index (κ1) is 12.0. The van der Waals surface area contributed by atoms with E-state index in [2.05, 4.69) is 38.3 Å². The molecule has 18 heavy (non-hydrogen) atoms. The van der Waals surface area contributed by atoms with Crippen molar-refractivity contribution in [1.82, 2.24) is 4.98 Å². The van der Waals surface area contributed by atoms with Crippen LogP contribution >= 0.6 is 0 Å². The number of rotatable bonds is 3. The van der Waals surface area contributed by atoms with Gasteiger partial charge in [-0.1, -0.05) is 32.4 Å². The van der Waals surface area contributed by atoms with Crippen LogP contribution in [0.1, 0.15) is 69.5 Å². The van der Waals surface area contributed by atoms with Crippen molar-refractivity contribution in [3.63, 3.8) is 0 Å². The molecule has 0 aliphatic heterocycles. The molecule has 3 rings (SSSR count). The highest BCUT2D eigenvalue weighted by Gasteiger charge is 2.49. The van der Waals surface area contributed by atoms with Crippen molar-refractivity contribution < 1.29 is 0 Å². The molecule has 0 aromatic carbocycles. The van der Waals surface area contributed by atoms with Crippen LogP contribution in [0.5, 0.6) is 0 Å². The van der Waals surface area contributed by atoms with Crippen LogP contribution in [0.15, 0.2) is 24.4 Å². The lowest BCUT2D eigenvalue weighted by atomic mass is 9.95. The van der Waals surface area contributed by atoms with Crippen LogP contribution in [-0.4, -0.2) is 4.98 Å². The molecule has 1 fully saturated rings. The molecule has 2 aliphatic carbocycles. The minimum atomic E-state index is 0.549. The number of hydrogen-bond acceptors (Lipinski definition) is 1. The second-order valence-electron chi connectivity index (χ2n) is 6.22. The second kappa shape index (κ2) is 4.53. The van der Waals surface area contributed by atoms with E-state index < -0.39 is 0 Å². The molecular formula is C17H23N. The SMILES string of the molecule is CCC1(C)CC1c1ccc(C2=CCCCC2)nc1. The highest BCUT2D eigenvalue weighted by molar-refractivity contribution is 5.63. The highest BCUT2D eigenvalue weighted by atomic mass is 14.7. The Labute approximate surface area is 110 Å². The minimum Gasteiger partial charge on any atom is -0.256 e. The summed E-state index contributed by atoms with van der Waals surface area (Å²) in [6.07, 6.45) is 12.2. The number of pyridine rings is 1. The molecule has 1 aromatic heterocycles. The molecule has 0 bridgehead atoms. The van der Waals surface area contributed by atoms with Gasteiger partial charge < -0.3 is 0 Å². The summed E-state index contributed by atoms with van der Waals surface area (Å²) in [6.45, 7) is 4.70. The summed E-state index contributed by atoms with van der Waals surface area (Å²) in [5.74, 6) is 0.754. The Morgan fingerprint density at radius 1 is 1.33 bits per heavy atom. The predicted octanol–water partition coefficient (Wildman–Crippen LogP) is 4.94. The molecule has 2 unspecified atom stereocenters. The van der Waals surface area contributed by atoms with E-state index in [4.69, 9.17) is 4.98 Å². The molecule has 1 heteroatoms. The fourth-order valence-electron chi connectivity index (χ4n) is 3.19. The molecule has 96 valence electrons. The van der Waals surface area contributed by atoms with Gasteiger partial charge in [-0.3, -0.25) is 4.98 Å². The predicted molar refractivity (Wildman–Crippen MR) is 76.4 cm³/mol. The smallest absolute Gasteiger partial charge is 0.0658 e. The maximum Gasteiger partial charge on any atom is 0.0658 e. The zero-order valence-electron chi connectivity index (χ0n) is 11.6. The lowest BCUT2D eigenvalue weighted by molar-refractivity contribution is 0.528. The summed E-state index contributed by atoms with van der Waals surface area (Å²) in [6, 6.07) is 4.55. The standard InChI is InChI=1S/C17H23N/c1-3-17(2)11-15(17)14-9-10-16(18-12-14)13-7-5-4-6-8-13/h7,9-10,12,15H,3-6,8,11H2,1-2H3. The third-order valence-electron chi connectivity index (χ3n) is 4.97. The molecule has 1 heterocycles. The number of nitrogens with zero attached hydrogens (tertiary/aromatic N) is 1. The van der Waals surface area contributed by atoms with Gasteiger partial charge in [-0.2, -0.15) is 0 Å². The molecule has 2 atom stereocenters. The van der Waals surface area contributed by atoms with E-state index >= 15 is 0 Å². The Kier molecular flexibility index (Phi) is 3.01. The molecule has 0 amide bonds. The van der Waals surface area contributed by atoms with Crippen LogP contribution in [0.3, 0.4) is 0 Å². The summed E-state index contributed by atoms with van der Waals surface area (Å²) < 4.78 is 0. The van der Waals surface area contributed by atoms with Crippen molar-refractivity contribution in [2.45, 2.75) is 58.3 Å². The minimum absolute atomic E-state index is 0.549. The van der Waals surface area contributed by atoms with E-state index in [1.807, 2.05) is 0 Å². The third-order valence-corrected chi connectivity index (χ3v) is 4.97. The van der Waals surface area contributed by atoms with Gasteiger partial charge in [0.05, 0.1) is 5.69 Å². The molecule has 0 radical (unpaired) electrons. The molecule has 1 nitrogen and oxygen atoms in total. The fraction of sp³-hybridized carbons (Fsp3) is 0.588. The van der Waals surface area contributed by atoms with Gasteiger partial charge in [-0.25, -0.2) is 0 Å². The van der Waals surface area contributed by atoms with E-state index in [1.54, 1.807) is 0 Å². The number of aromatic nitrogens is 1. The van der Waals surface area contributed by atoms with Gasteiger partial charge >= 0.3 is 0 Å². The second-order valence-corrected chi connectivity index (χ2v) is 6.22. The van der Waals surface area contributed by atoms with E-state index in [9.17, 15) is 0 Å². The van der Waals surface area contributed by atoms with Gasteiger partial charge in [0.2, 0.25) is 0 Å². The lowest BCUT2D eigenvalue weighted by Crippen LogP contribution is -1.98. The van der Waals surface area contributed by atoms with E-state index in [-0.39, 0.29) is 0 Å². The van der Waals surface area contributed by atoms with Gasteiger partial charge in [-0.05, 0) is 60.6 Å². The fourth-order valence-corrected chi connectivity index (χ4v) is 3.19. The lowest BCUT2D eigenvalue weighted by Gasteiger charge is -2.13. The quantitative estimate of drug-likeness (QED) is 0.730. The highest BCUT2D eigenvalue weighted by Crippen LogP contribution is 2.60. The van der Waals surface area contributed by atoms with Gasteiger partial charge in [0.1, 0.15) is 0 Å². The molecule has 0 saturated heterocycles. The molecule has 1 aromatic rings. The van der Waals surface area contributed by atoms with Crippen molar-refractivity contribution in [3.05, 3.63) is 35.7 Å². The van der Waals surface area contributed by atoms with E-state index in [0.717, 1.165) is 5.92 Å². The maximum absolute atomic E-state index is 4.70. The summed E-state index contributed by atoms with van der Waals surface area (Å²) in [5, 5.41) is 0. The first-order valence-electron chi connectivity index (χ1n) is 7.38. The van der Waals surface area contributed by atoms with Crippen LogP contribution in [0, 0.1) is 5.41 Å². The van der Waals surface area contributed by atoms with Gasteiger partial charge in [0.15, 0.2) is 0 Å². The Balaban J connectivity index is 1.76. The van der Waals surface area contributed by atoms with Crippen LogP contribution in [0.25, 0.3) is 5.57 Å². The van der Waals surface area contributed by atoms with Crippen molar-refractivity contribution in [2.24, 2.45) is 5.41 Å². The average molecular weight is 241 g/mol. The molecule has 1 saturated carbocycles. The van der Waals surface area contributed by atoms with Crippen LogP contribution in [-0.2, 0) is 0 Å². The summed E-state index contributed by atoms with van der Waals surface area (Å²) in [4.78, 5) is 4.70. The van der Waals surface area contributed by atoms with Crippen LogP contribution in [0.4, 0.5) is 0 Å². The van der Waals surface area contributed by atoms with Crippen molar-refractivity contribution in [3.8, 4) is 0 Å². The van der Waals surface area contributed by atoms with Gasteiger partial charge in [0.25, 0.3) is 0 Å². The zero-order chi connectivity index (χ0) is 12.6. The number of allylic oxidation sites excluding steroid dienone is 2. The largest absolute Gasteiger partial charge is 0.256 e. The Morgan fingerprint density at radius 2 is 2.22 bits per heavy atom.